The van der Waals surface area contributed by atoms with Crippen molar-refractivity contribution in [3.63, 3.8) is 0 Å². The number of aromatic nitrogens is 2. The monoisotopic (exact) mass is 459 g/mol. The molecule has 8 nitrogen and oxygen atoms in total. The van der Waals surface area contributed by atoms with E-state index in [2.05, 4.69) is 5.10 Å². The van der Waals surface area contributed by atoms with E-state index in [0.29, 0.717) is 42.4 Å². The van der Waals surface area contributed by atoms with E-state index < -0.39 is 5.91 Å². The van der Waals surface area contributed by atoms with Gasteiger partial charge in [0.1, 0.15) is 28.6 Å². The van der Waals surface area contributed by atoms with Crippen molar-refractivity contribution in [3.05, 3.63) is 72.3 Å². The summed E-state index contributed by atoms with van der Waals surface area (Å²) in [6.07, 6.45) is 4.18. The summed E-state index contributed by atoms with van der Waals surface area (Å²) in [7, 11) is 0. The number of rotatable bonds is 7. The third kappa shape index (κ3) is 4.96. The molecule has 0 unspecified atom stereocenters. The highest BCUT2D eigenvalue weighted by molar-refractivity contribution is 6.03. The van der Waals surface area contributed by atoms with Crippen molar-refractivity contribution >= 4 is 17.6 Å². The van der Waals surface area contributed by atoms with Gasteiger partial charge in [-0.1, -0.05) is 38.1 Å². The second-order valence-electron chi connectivity index (χ2n) is 8.69. The Morgan fingerprint density at radius 2 is 1.76 bits per heavy atom. The number of allylic oxidation sites excluding steroid dienone is 1. The fourth-order valence-corrected chi connectivity index (χ4v) is 4.00. The summed E-state index contributed by atoms with van der Waals surface area (Å²) in [5.41, 5.74) is 13.3. The van der Waals surface area contributed by atoms with Gasteiger partial charge in [-0.3, -0.25) is 9.59 Å². The van der Waals surface area contributed by atoms with E-state index in [1.165, 1.54) is 0 Å². The molecule has 1 aromatic heterocycles. The Kier molecular flexibility index (Phi) is 6.67. The van der Waals surface area contributed by atoms with E-state index in [0.717, 1.165) is 5.75 Å². The van der Waals surface area contributed by atoms with Crippen molar-refractivity contribution in [1.82, 2.24) is 14.7 Å². The van der Waals surface area contributed by atoms with Gasteiger partial charge in [0, 0.05) is 18.7 Å². The highest BCUT2D eigenvalue weighted by Gasteiger charge is 2.31. The number of nitrogen functional groups attached to an aromatic ring is 1. The van der Waals surface area contributed by atoms with E-state index in [1.54, 1.807) is 27.8 Å². The van der Waals surface area contributed by atoms with E-state index in [4.69, 9.17) is 16.2 Å². The minimum atomic E-state index is -0.644. The molecule has 176 valence electrons. The number of carbonyl (C=O) groups is 2. The molecule has 1 atom stereocenters. The largest absolute Gasteiger partial charge is 0.457 e. The first kappa shape index (κ1) is 23.1. The summed E-state index contributed by atoms with van der Waals surface area (Å²) >= 11 is 0. The molecule has 3 aromatic rings. The number of nitrogens with zero attached hydrogens (tertiary/aromatic N) is 3. The smallest absolute Gasteiger partial charge is 0.254 e. The standard InChI is InChI=1S/C26H29N5O3/c1-17(2)8-13-22(32)30-15-14-19(16-30)31-25(27)23(26(28)33)24(29-31)18-9-11-21(12-10-18)34-20-6-4-3-5-7-20/h3-13,17,19H,14-16,27H2,1-2H3,(H2,28,33)/b13-8+/t19-/m1/s1. The number of likely N-dealkylation sites (tertiary alicyclic amines) is 1. The first-order chi connectivity index (χ1) is 16.3. The lowest BCUT2D eigenvalue weighted by atomic mass is 10.1. The Morgan fingerprint density at radius 1 is 1.09 bits per heavy atom. The van der Waals surface area contributed by atoms with Gasteiger partial charge in [-0.25, -0.2) is 4.68 Å². The van der Waals surface area contributed by atoms with Crippen LogP contribution in [0, 0.1) is 5.92 Å². The zero-order valence-electron chi connectivity index (χ0n) is 19.3. The number of para-hydroxylation sites is 1. The molecule has 2 aromatic carbocycles. The van der Waals surface area contributed by atoms with Crippen molar-refractivity contribution in [2.45, 2.75) is 26.3 Å². The van der Waals surface area contributed by atoms with Crippen LogP contribution in [0.15, 0.2) is 66.7 Å². The second-order valence-corrected chi connectivity index (χ2v) is 8.69. The maximum Gasteiger partial charge on any atom is 0.254 e. The van der Waals surface area contributed by atoms with Crippen LogP contribution in [0.1, 0.15) is 36.7 Å². The van der Waals surface area contributed by atoms with Gasteiger partial charge in [-0.15, -0.1) is 0 Å². The molecule has 4 rings (SSSR count). The zero-order chi connectivity index (χ0) is 24.2. The normalized spacial score (nSPS) is 15.9. The van der Waals surface area contributed by atoms with E-state index in [-0.39, 0.29) is 23.3 Å². The summed E-state index contributed by atoms with van der Waals surface area (Å²) in [4.78, 5) is 26.5. The topological polar surface area (TPSA) is 116 Å². The van der Waals surface area contributed by atoms with Crippen molar-refractivity contribution in [1.29, 1.82) is 0 Å². The van der Waals surface area contributed by atoms with Gasteiger partial charge in [0.15, 0.2) is 0 Å². The quantitative estimate of drug-likeness (QED) is 0.518. The molecule has 0 spiro atoms. The average molecular weight is 460 g/mol. The lowest BCUT2D eigenvalue weighted by Gasteiger charge is -2.15. The number of carbonyl (C=O) groups excluding carboxylic acids is 2. The highest BCUT2D eigenvalue weighted by Crippen LogP contribution is 2.33. The number of ether oxygens (including phenoxy) is 1. The minimum absolute atomic E-state index is 0.0359. The molecule has 2 heterocycles. The summed E-state index contributed by atoms with van der Waals surface area (Å²) < 4.78 is 7.47. The number of nitrogens with two attached hydrogens (primary N) is 2. The average Bonchev–Trinajstić information content (AvgIpc) is 3.43. The van der Waals surface area contributed by atoms with Crippen LogP contribution < -0.4 is 16.2 Å². The molecule has 1 fully saturated rings. The molecule has 0 bridgehead atoms. The van der Waals surface area contributed by atoms with E-state index in [1.807, 2.05) is 62.4 Å². The Hall–Kier alpha value is -4.07. The highest BCUT2D eigenvalue weighted by atomic mass is 16.5. The van der Waals surface area contributed by atoms with Gasteiger partial charge in [0.2, 0.25) is 5.91 Å². The first-order valence-corrected chi connectivity index (χ1v) is 11.3. The Bertz CT molecular complexity index is 1200. The van der Waals surface area contributed by atoms with Gasteiger partial charge in [0.25, 0.3) is 5.91 Å². The predicted octanol–water partition coefficient (Wildman–Crippen LogP) is 4.01. The predicted molar refractivity (Wildman–Crippen MR) is 131 cm³/mol. The molecular weight excluding hydrogens is 430 g/mol. The molecule has 4 N–H and O–H groups in total. The van der Waals surface area contributed by atoms with Crippen LogP contribution in [-0.4, -0.2) is 39.6 Å². The van der Waals surface area contributed by atoms with Gasteiger partial charge < -0.3 is 21.1 Å². The third-order valence-corrected chi connectivity index (χ3v) is 5.75. The van der Waals surface area contributed by atoms with Crippen molar-refractivity contribution in [2.24, 2.45) is 11.7 Å². The van der Waals surface area contributed by atoms with Gasteiger partial charge in [0.05, 0.1) is 6.04 Å². The van der Waals surface area contributed by atoms with Crippen LogP contribution in [-0.2, 0) is 4.79 Å². The second kappa shape index (κ2) is 9.82. The third-order valence-electron chi connectivity index (χ3n) is 5.75. The number of amides is 2. The summed E-state index contributed by atoms with van der Waals surface area (Å²) in [6, 6.07) is 16.6. The lowest BCUT2D eigenvalue weighted by Crippen LogP contribution is -2.28. The number of hydrogen-bond donors (Lipinski definition) is 2. The van der Waals surface area contributed by atoms with Gasteiger partial charge in [-0.05, 0) is 54.8 Å². The fraction of sp³-hybridized carbons (Fsp3) is 0.269. The van der Waals surface area contributed by atoms with Crippen LogP contribution >= 0.6 is 0 Å². The van der Waals surface area contributed by atoms with Crippen LogP contribution in [0.2, 0.25) is 0 Å². The summed E-state index contributed by atoms with van der Waals surface area (Å²) in [6.45, 7) is 5.11. The van der Waals surface area contributed by atoms with Crippen molar-refractivity contribution in [3.8, 4) is 22.8 Å². The molecule has 0 radical (unpaired) electrons. The Balaban J connectivity index is 1.57. The van der Waals surface area contributed by atoms with Crippen LogP contribution in [0.4, 0.5) is 5.82 Å². The number of benzene rings is 2. The van der Waals surface area contributed by atoms with E-state index in [9.17, 15) is 9.59 Å². The molecule has 34 heavy (non-hydrogen) atoms. The maximum atomic E-state index is 12.5. The zero-order valence-corrected chi connectivity index (χ0v) is 19.3. The lowest BCUT2D eigenvalue weighted by molar-refractivity contribution is -0.125. The number of primary amides is 1. The van der Waals surface area contributed by atoms with Crippen LogP contribution in [0.3, 0.4) is 0 Å². The first-order valence-electron chi connectivity index (χ1n) is 11.3. The van der Waals surface area contributed by atoms with Gasteiger partial charge in [-0.2, -0.15) is 5.10 Å². The number of anilines is 1. The molecule has 1 aliphatic rings. The van der Waals surface area contributed by atoms with Crippen molar-refractivity contribution in [2.75, 3.05) is 18.8 Å². The van der Waals surface area contributed by atoms with Crippen LogP contribution in [0.5, 0.6) is 11.5 Å². The number of hydrogen-bond acceptors (Lipinski definition) is 5. The SMILES string of the molecule is CC(C)/C=C/C(=O)N1CC[C@@H](n2nc(-c3ccc(Oc4ccccc4)cc3)c(C(N)=O)c2N)C1. The molecular formula is C26H29N5O3. The minimum Gasteiger partial charge on any atom is -0.457 e. The Morgan fingerprint density at radius 3 is 2.41 bits per heavy atom. The van der Waals surface area contributed by atoms with Crippen molar-refractivity contribution < 1.29 is 14.3 Å². The van der Waals surface area contributed by atoms with Crippen LogP contribution in [0.25, 0.3) is 11.3 Å². The molecule has 1 saturated heterocycles. The summed E-state index contributed by atoms with van der Waals surface area (Å²) in [5, 5.41) is 4.66. The maximum absolute atomic E-state index is 12.5. The summed E-state index contributed by atoms with van der Waals surface area (Å²) in [5.74, 6) is 1.21. The van der Waals surface area contributed by atoms with Gasteiger partial charge >= 0.3 is 0 Å². The molecule has 0 saturated carbocycles. The molecule has 8 heteroatoms. The Labute approximate surface area is 198 Å². The molecule has 1 aliphatic heterocycles. The molecule has 0 aliphatic carbocycles. The van der Waals surface area contributed by atoms with E-state index >= 15 is 0 Å². The molecule has 2 amide bonds. The fourth-order valence-electron chi connectivity index (χ4n) is 4.00.